The molecule has 2 N–H and O–H groups in total. The van der Waals surface area contributed by atoms with E-state index in [2.05, 4.69) is 17.7 Å². The molecule has 1 aromatic rings. The molecule has 2 heterocycles. The van der Waals surface area contributed by atoms with Crippen LogP contribution in [-0.2, 0) is 27.2 Å². The monoisotopic (exact) mass is 419 g/mol. The second kappa shape index (κ2) is 7.78. The van der Waals surface area contributed by atoms with Crippen LogP contribution < -0.4 is 10.7 Å². The average Bonchev–Trinajstić information content (AvgIpc) is 3.24. The second-order valence-corrected chi connectivity index (χ2v) is 9.35. The van der Waals surface area contributed by atoms with Gasteiger partial charge in [-0.05, 0) is 68.9 Å². The molecule has 1 saturated carbocycles. The highest BCUT2D eigenvalue weighted by Crippen LogP contribution is 2.35. The molecule has 1 spiro atoms. The molecule has 0 bridgehead atoms. The van der Waals surface area contributed by atoms with Gasteiger partial charge in [0.05, 0.1) is 0 Å². The van der Waals surface area contributed by atoms with Crippen molar-refractivity contribution in [3.63, 3.8) is 0 Å². The van der Waals surface area contributed by atoms with Gasteiger partial charge in [-0.3, -0.25) is 15.0 Å². The van der Waals surface area contributed by atoms with E-state index in [1.54, 1.807) is 0 Å². The lowest BCUT2D eigenvalue weighted by Gasteiger charge is -2.33. The van der Waals surface area contributed by atoms with Gasteiger partial charge < -0.3 is 10.1 Å². The molecule has 156 valence electrons. The fourth-order valence-electron chi connectivity index (χ4n) is 4.27. The number of thiophene rings is 1. The minimum Gasteiger partial charge on any atom is -0.451 e. The van der Waals surface area contributed by atoms with Crippen molar-refractivity contribution in [3.05, 3.63) is 21.4 Å². The Morgan fingerprint density at radius 2 is 2.00 bits per heavy atom. The molecule has 0 atom stereocenters. The molecule has 1 aliphatic heterocycles. The number of carbonyl (C=O) groups excluding carboxylic acids is 4. The van der Waals surface area contributed by atoms with Gasteiger partial charge in [-0.25, -0.2) is 9.59 Å². The summed E-state index contributed by atoms with van der Waals surface area (Å²) in [4.78, 5) is 51.1. The fraction of sp³-hybridized carbons (Fsp3) is 0.600. The van der Waals surface area contributed by atoms with Crippen molar-refractivity contribution >= 4 is 35.2 Å². The molecule has 0 aromatic carbocycles. The summed E-state index contributed by atoms with van der Waals surface area (Å²) in [6.45, 7) is 1.56. The lowest BCUT2D eigenvalue weighted by atomic mass is 9.77. The van der Waals surface area contributed by atoms with Gasteiger partial charge in [-0.1, -0.05) is 6.92 Å². The Kier molecular flexibility index (Phi) is 5.33. The number of fused-ring (bicyclic) bond motifs is 1. The first-order valence-corrected chi connectivity index (χ1v) is 10.9. The van der Waals surface area contributed by atoms with Gasteiger partial charge in [0, 0.05) is 4.88 Å². The first kappa shape index (κ1) is 19.9. The largest absolute Gasteiger partial charge is 0.451 e. The molecule has 3 aliphatic rings. The summed E-state index contributed by atoms with van der Waals surface area (Å²) in [6.07, 6.45) is 6.98. The quantitative estimate of drug-likeness (QED) is 0.576. The lowest BCUT2D eigenvalue weighted by molar-refractivity contribution is -0.141. The highest BCUT2D eigenvalue weighted by molar-refractivity contribution is 7.14. The number of hydrazine groups is 1. The molecule has 29 heavy (non-hydrogen) atoms. The van der Waals surface area contributed by atoms with Crippen LogP contribution in [0.4, 0.5) is 4.79 Å². The maximum absolute atomic E-state index is 12.7. The maximum Gasteiger partial charge on any atom is 0.348 e. The van der Waals surface area contributed by atoms with Gasteiger partial charge in [0.15, 0.2) is 6.61 Å². The van der Waals surface area contributed by atoms with Crippen LogP contribution in [-0.4, -0.2) is 41.0 Å². The van der Waals surface area contributed by atoms with Crippen molar-refractivity contribution in [2.45, 2.75) is 63.8 Å². The highest BCUT2D eigenvalue weighted by Gasteiger charge is 2.52. The Balaban J connectivity index is 1.31. The van der Waals surface area contributed by atoms with Crippen molar-refractivity contribution < 1.29 is 23.9 Å². The standard InChI is InChI=1S/C20H25N3O5S/c1-12-6-8-20(9-7-12)18(26)23(19(27)21-20)22-16(24)11-28-17(25)15-10-13-4-2-3-5-14(13)29-15/h10,12H,2-9,11H2,1H3,(H,21,27)(H,22,24). The maximum atomic E-state index is 12.7. The summed E-state index contributed by atoms with van der Waals surface area (Å²) in [7, 11) is 0. The summed E-state index contributed by atoms with van der Waals surface area (Å²) >= 11 is 1.41. The summed E-state index contributed by atoms with van der Waals surface area (Å²) < 4.78 is 5.09. The van der Waals surface area contributed by atoms with Crippen LogP contribution in [0.2, 0.25) is 0 Å². The normalized spacial score (nSPS) is 26.2. The Labute approximate surface area is 172 Å². The Morgan fingerprint density at radius 3 is 2.72 bits per heavy atom. The summed E-state index contributed by atoms with van der Waals surface area (Å²) in [5, 5.41) is 3.45. The van der Waals surface area contributed by atoms with E-state index >= 15 is 0 Å². The van der Waals surface area contributed by atoms with Crippen LogP contribution in [0, 0.1) is 5.92 Å². The molecule has 1 saturated heterocycles. The Hall–Kier alpha value is -2.42. The Bertz CT molecular complexity index is 833. The number of ether oxygens (including phenoxy) is 1. The minimum atomic E-state index is -0.927. The molecular weight excluding hydrogens is 394 g/mol. The molecular formula is C20H25N3O5S. The number of esters is 1. The van der Waals surface area contributed by atoms with Gasteiger partial charge in [0.2, 0.25) is 0 Å². The number of rotatable bonds is 4. The SMILES string of the molecule is CC1CCC2(CC1)NC(=O)N(NC(=O)COC(=O)c1cc3c(s1)CCCC3)C2=O. The molecule has 4 amide bonds. The molecule has 2 aliphatic carbocycles. The number of aryl methyl sites for hydroxylation is 2. The summed E-state index contributed by atoms with van der Waals surface area (Å²) in [5.41, 5.74) is 2.53. The number of hydrogen-bond donors (Lipinski definition) is 2. The third-order valence-corrected chi connectivity index (χ3v) is 7.28. The molecule has 4 rings (SSSR count). The van der Waals surface area contributed by atoms with Crippen LogP contribution in [0.1, 0.15) is 65.6 Å². The van der Waals surface area contributed by atoms with Crippen LogP contribution in [0.5, 0.6) is 0 Å². The molecule has 8 nitrogen and oxygen atoms in total. The summed E-state index contributed by atoms with van der Waals surface area (Å²) in [6, 6.07) is 1.19. The zero-order valence-corrected chi connectivity index (χ0v) is 17.2. The van der Waals surface area contributed by atoms with Gasteiger partial charge in [-0.2, -0.15) is 5.01 Å². The number of nitrogens with one attached hydrogen (secondary N) is 2. The summed E-state index contributed by atoms with van der Waals surface area (Å²) in [5.74, 6) is -1.21. The van der Waals surface area contributed by atoms with Crippen molar-refractivity contribution in [3.8, 4) is 0 Å². The average molecular weight is 420 g/mol. The molecule has 9 heteroatoms. The number of nitrogens with zero attached hydrogens (tertiary/aromatic N) is 1. The highest BCUT2D eigenvalue weighted by atomic mass is 32.1. The second-order valence-electron chi connectivity index (χ2n) is 8.21. The van der Waals surface area contributed by atoms with E-state index in [1.807, 2.05) is 6.07 Å². The first-order valence-electron chi connectivity index (χ1n) is 10.1. The zero-order valence-electron chi connectivity index (χ0n) is 16.4. The van der Waals surface area contributed by atoms with Crippen LogP contribution in [0.3, 0.4) is 0 Å². The van der Waals surface area contributed by atoms with E-state index in [-0.39, 0.29) is 0 Å². The number of carbonyl (C=O) groups is 4. The smallest absolute Gasteiger partial charge is 0.348 e. The zero-order chi connectivity index (χ0) is 20.6. The van der Waals surface area contributed by atoms with Crippen LogP contribution in [0.25, 0.3) is 0 Å². The third-order valence-electron chi connectivity index (χ3n) is 6.06. The van der Waals surface area contributed by atoms with E-state index in [9.17, 15) is 19.2 Å². The van der Waals surface area contributed by atoms with Crippen molar-refractivity contribution in [2.24, 2.45) is 5.92 Å². The number of hydrogen-bond acceptors (Lipinski definition) is 6. The van der Waals surface area contributed by atoms with E-state index in [1.165, 1.54) is 21.8 Å². The van der Waals surface area contributed by atoms with Gasteiger partial charge in [-0.15, -0.1) is 11.3 Å². The predicted molar refractivity (Wildman–Crippen MR) is 105 cm³/mol. The van der Waals surface area contributed by atoms with E-state index in [0.29, 0.717) is 23.6 Å². The number of urea groups is 1. The predicted octanol–water partition coefficient (Wildman–Crippen LogP) is 2.32. The van der Waals surface area contributed by atoms with Crippen LogP contribution in [0.15, 0.2) is 6.07 Å². The fourth-order valence-corrected chi connectivity index (χ4v) is 5.41. The first-order chi connectivity index (χ1) is 13.9. The van der Waals surface area contributed by atoms with Crippen molar-refractivity contribution in [1.82, 2.24) is 15.8 Å². The number of imide groups is 1. The number of amides is 4. The van der Waals surface area contributed by atoms with Crippen LogP contribution >= 0.6 is 11.3 Å². The molecule has 2 fully saturated rings. The van der Waals surface area contributed by atoms with E-state index in [4.69, 9.17) is 4.74 Å². The molecule has 0 radical (unpaired) electrons. The molecule has 1 aromatic heterocycles. The van der Waals surface area contributed by atoms with Gasteiger partial charge >= 0.3 is 12.0 Å². The van der Waals surface area contributed by atoms with Crippen molar-refractivity contribution in [1.29, 1.82) is 0 Å². The van der Waals surface area contributed by atoms with E-state index in [0.717, 1.165) is 43.5 Å². The minimum absolute atomic E-state index is 0.444. The third kappa shape index (κ3) is 3.88. The Morgan fingerprint density at radius 1 is 1.28 bits per heavy atom. The lowest BCUT2D eigenvalue weighted by Crippen LogP contribution is -2.52. The topological polar surface area (TPSA) is 105 Å². The van der Waals surface area contributed by atoms with E-state index < -0.39 is 36.0 Å². The van der Waals surface area contributed by atoms with Crippen molar-refractivity contribution in [2.75, 3.05) is 6.61 Å². The molecule has 0 unspecified atom stereocenters. The van der Waals surface area contributed by atoms with Gasteiger partial charge in [0.1, 0.15) is 10.4 Å². The van der Waals surface area contributed by atoms with Gasteiger partial charge in [0.25, 0.3) is 11.8 Å².